The van der Waals surface area contributed by atoms with E-state index in [1.54, 1.807) is 0 Å². The Labute approximate surface area is 98.7 Å². The van der Waals surface area contributed by atoms with Gasteiger partial charge < -0.3 is 16.2 Å². The summed E-state index contributed by atoms with van der Waals surface area (Å²) in [6.07, 6.45) is 0. The van der Waals surface area contributed by atoms with Gasteiger partial charge in [-0.3, -0.25) is 4.79 Å². The van der Waals surface area contributed by atoms with Gasteiger partial charge >= 0.3 is 5.97 Å². The highest BCUT2D eigenvalue weighted by Gasteiger charge is 2.15. The fraction of sp³-hybridized carbons (Fsp3) is 0.222. The molecule has 94 valence electrons. The van der Waals surface area contributed by atoms with Crippen LogP contribution in [-0.4, -0.2) is 33.1 Å². The number of carboxylic acid groups (broad SMARTS) is 1. The smallest absolute Gasteiger partial charge is 0.322 e. The molecule has 0 aromatic heterocycles. The molecule has 0 aliphatic carbocycles. The van der Waals surface area contributed by atoms with E-state index in [0.717, 1.165) is 0 Å². The topological polar surface area (TPSA) is 122 Å². The van der Waals surface area contributed by atoms with Gasteiger partial charge in [0.1, 0.15) is 11.4 Å². The molecule has 1 aromatic rings. The Morgan fingerprint density at radius 1 is 1.47 bits per heavy atom. The number of hydrogen-bond donors (Lipinski definition) is 4. The summed E-state index contributed by atoms with van der Waals surface area (Å²) in [6.45, 7) is -0.266. The fourth-order valence-electron chi connectivity index (χ4n) is 1.19. The third kappa shape index (κ3) is 3.33. The van der Waals surface area contributed by atoms with Crippen molar-refractivity contribution in [3.63, 3.8) is 0 Å². The van der Waals surface area contributed by atoms with Crippen LogP contribution in [0.3, 0.4) is 0 Å². The van der Waals surface area contributed by atoms with Crippen LogP contribution in [0.5, 0.6) is 0 Å². The van der Waals surface area contributed by atoms with Crippen molar-refractivity contribution in [3.8, 4) is 0 Å². The second kappa shape index (κ2) is 5.02. The number of nitrogen functional groups attached to an aromatic ring is 1. The summed E-state index contributed by atoms with van der Waals surface area (Å²) >= 11 is 0. The molecule has 1 aromatic carbocycles. The Bertz CT molecular complexity index is 527. The normalized spacial score (nSPS) is 11.1. The zero-order valence-electron chi connectivity index (χ0n) is 9.10. The third-order valence-electron chi connectivity index (χ3n) is 2.01. The maximum absolute atomic E-state index is 11.5. The summed E-state index contributed by atoms with van der Waals surface area (Å²) in [7, 11) is -2.31. The van der Waals surface area contributed by atoms with Gasteiger partial charge in [-0.2, -0.15) is 0 Å². The van der Waals surface area contributed by atoms with Gasteiger partial charge in [0.2, 0.25) is 10.0 Å². The number of nitrogens with two attached hydrogens (primary N) is 1. The zero-order chi connectivity index (χ0) is 13.1. The van der Waals surface area contributed by atoms with E-state index in [0.29, 0.717) is 5.69 Å². The van der Waals surface area contributed by atoms with Crippen LogP contribution in [0.4, 0.5) is 11.4 Å². The van der Waals surface area contributed by atoms with Crippen molar-refractivity contribution in [3.05, 3.63) is 18.2 Å². The van der Waals surface area contributed by atoms with E-state index in [4.69, 9.17) is 10.8 Å². The number of carbonyl (C=O) groups is 1. The van der Waals surface area contributed by atoms with E-state index in [2.05, 4.69) is 10.0 Å². The van der Waals surface area contributed by atoms with Crippen LogP contribution in [0.15, 0.2) is 23.1 Å². The van der Waals surface area contributed by atoms with E-state index in [1.165, 1.54) is 25.2 Å². The molecule has 0 saturated heterocycles. The minimum Gasteiger partial charge on any atom is -0.480 e. The first-order chi connectivity index (χ1) is 7.86. The number of rotatable bonds is 5. The van der Waals surface area contributed by atoms with Gasteiger partial charge in [0.15, 0.2) is 0 Å². The molecule has 0 aliphatic rings. The molecule has 0 amide bonds. The van der Waals surface area contributed by atoms with Crippen LogP contribution in [0.2, 0.25) is 0 Å². The first kappa shape index (κ1) is 13.3. The molecule has 0 aliphatic heterocycles. The molecule has 8 heteroatoms. The number of aliphatic carboxylic acids is 1. The van der Waals surface area contributed by atoms with Crippen molar-refractivity contribution in [2.45, 2.75) is 4.90 Å². The van der Waals surface area contributed by atoms with Crippen molar-refractivity contribution in [1.29, 1.82) is 0 Å². The third-order valence-corrected chi connectivity index (χ3v) is 3.50. The van der Waals surface area contributed by atoms with Crippen LogP contribution >= 0.6 is 0 Å². The molecule has 0 radical (unpaired) electrons. The number of anilines is 2. The van der Waals surface area contributed by atoms with Gasteiger partial charge in [-0.1, -0.05) is 0 Å². The Morgan fingerprint density at radius 2 is 2.12 bits per heavy atom. The van der Waals surface area contributed by atoms with E-state index >= 15 is 0 Å². The van der Waals surface area contributed by atoms with Crippen LogP contribution < -0.4 is 15.8 Å². The molecule has 5 N–H and O–H groups in total. The second-order valence-corrected chi connectivity index (χ2v) is 5.06. The molecule has 0 fully saturated rings. The lowest BCUT2D eigenvalue weighted by molar-refractivity contribution is -0.134. The minimum atomic E-state index is -3.60. The lowest BCUT2D eigenvalue weighted by atomic mass is 10.3. The molecule has 0 bridgehead atoms. The van der Waals surface area contributed by atoms with Crippen LogP contribution in [0.25, 0.3) is 0 Å². The molecule has 0 spiro atoms. The lowest BCUT2D eigenvalue weighted by Gasteiger charge is -2.09. The Morgan fingerprint density at radius 3 is 2.59 bits per heavy atom. The first-order valence-corrected chi connectivity index (χ1v) is 6.14. The van der Waals surface area contributed by atoms with Crippen LogP contribution in [0, 0.1) is 0 Å². The molecule has 0 atom stereocenters. The molecule has 1 rings (SSSR count). The largest absolute Gasteiger partial charge is 0.480 e. The van der Waals surface area contributed by atoms with Gasteiger partial charge in [-0.15, -0.1) is 0 Å². The van der Waals surface area contributed by atoms with E-state index < -0.39 is 16.0 Å². The van der Waals surface area contributed by atoms with Crippen molar-refractivity contribution in [1.82, 2.24) is 4.72 Å². The maximum atomic E-state index is 11.5. The van der Waals surface area contributed by atoms with E-state index in [-0.39, 0.29) is 17.1 Å². The lowest BCUT2D eigenvalue weighted by Crippen LogP contribution is -2.20. The highest BCUT2D eigenvalue weighted by atomic mass is 32.2. The van der Waals surface area contributed by atoms with Gasteiger partial charge in [-0.25, -0.2) is 13.1 Å². The molecule has 0 heterocycles. The number of nitrogens with one attached hydrogen (secondary N) is 2. The quantitative estimate of drug-likeness (QED) is 0.537. The summed E-state index contributed by atoms with van der Waals surface area (Å²) in [5.41, 5.74) is 6.08. The second-order valence-electron chi connectivity index (χ2n) is 3.21. The highest BCUT2D eigenvalue weighted by Crippen LogP contribution is 2.21. The summed E-state index contributed by atoms with van der Waals surface area (Å²) in [5.74, 6) is -1.02. The summed E-state index contributed by atoms with van der Waals surface area (Å²) in [4.78, 5) is 10.3. The van der Waals surface area contributed by atoms with Crippen LogP contribution in [-0.2, 0) is 14.8 Å². The molecular formula is C9H13N3O4S. The standard InChI is InChI=1S/C9H13N3O4S/c1-11-17(15,16)8-3-2-6(4-7(8)10)12-5-9(13)14/h2-4,11-12H,5,10H2,1H3,(H,13,14). The van der Waals surface area contributed by atoms with Gasteiger partial charge in [0.05, 0.1) is 5.69 Å². The Balaban J connectivity index is 2.98. The summed E-state index contributed by atoms with van der Waals surface area (Å²) in [5, 5.41) is 11.1. The Hall–Kier alpha value is -1.80. The van der Waals surface area contributed by atoms with E-state index in [1.807, 2.05) is 0 Å². The molecular weight excluding hydrogens is 246 g/mol. The maximum Gasteiger partial charge on any atom is 0.322 e. The SMILES string of the molecule is CNS(=O)(=O)c1ccc(NCC(=O)O)cc1N. The van der Waals surface area contributed by atoms with Crippen LogP contribution in [0.1, 0.15) is 0 Å². The monoisotopic (exact) mass is 259 g/mol. The van der Waals surface area contributed by atoms with Crippen molar-refractivity contribution >= 4 is 27.4 Å². The fourth-order valence-corrected chi connectivity index (χ4v) is 2.03. The van der Waals surface area contributed by atoms with Gasteiger partial charge in [0, 0.05) is 5.69 Å². The molecule has 7 nitrogen and oxygen atoms in total. The molecule has 0 saturated carbocycles. The van der Waals surface area contributed by atoms with Gasteiger partial charge in [0.25, 0.3) is 0 Å². The summed E-state index contributed by atoms with van der Waals surface area (Å²) < 4.78 is 25.1. The molecule has 17 heavy (non-hydrogen) atoms. The van der Waals surface area contributed by atoms with Crippen molar-refractivity contribution in [2.75, 3.05) is 24.6 Å². The predicted octanol–water partition coefficient (Wildman–Crippen LogP) is -0.327. The average Bonchev–Trinajstić information content (AvgIpc) is 2.26. The predicted molar refractivity (Wildman–Crippen MR) is 63.2 cm³/mol. The number of sulfonamides is 1. The van der Waals surface area contributed by atoms with Crippen molar-refractivity contribution in [2.24, 2.45) is 0 Å². The van der Waals surface area contributed by atoms with Gasteiger partial charge in [-0.05, 0) is 25.2 Å². The first-order valence-electron chi connectivity index (χ1n) is 4.65. The Kier molecular flexibility index (Phi) is 3.92. The van der Waals surface area contributed by atoms with Crippen molar-refractivity contribution < 1.29 is 18.3 Å². The minimum absolute atomic E-state index is 0.0409. The van der Waals surface area contributed by atoms with E-state index in [9.17, 15) is 13.2 Å². The summed E-state index contributed by atoms with van der Waals surface area (Å²) in [6, 6.07) is 4.13. The highest BCUT2D eigenvalue weighted by molar-refractivity contribution is 7.89. The number of carboxylic acids is 1. The molecule has 0 unspecified atom stereocenters. The number of hydrogen-bond acceptors (Lipinski definition) is 5. The number of benzene rings is 1. The zero-order valence-corrected chi connectivity index (χ0v) is 9.91. The average molecular weight is 259 g/mol.